The minimum Gasteiger partial charge on any atom is -0.468 e. The molecule has 0 saturated carbocycles. The minimum absolute atomic E-state index is 0.0933. The fourth-order valence-electron chi connectivity index (χ4n) is 3.59. The first kappa shape index (κ1) is 35.5. The van der Waals surface area contributed by atoms with Crippen LogP contribution < -0.4 is 15.2 Å². The van der Waals surface area contributed by atoms with E-state index in [0.717, 1.165) is 12.8 Å². The van der Waals surface area contributed by atoms with Crippen LogP contribution in [0.4, 0.5) is 14.4 Å². The van der Waals surface area contributed by atoms with E-state index in [1.807, 2.05) is 27.7 Å². The zero-order valence-electron chi connectivity index (χ0n) is 25.0. The lowest BCUT2D eigenvalue weighted by atomic mass is 9.86. The fourth-order valence-corrected chi connectivity index (χ4v) is 3.59. The summed E-state index contributed by atoms with van der Waals surface area (Å²) in [4.78, 5) is 49.2. The van der Waals surface area contributed by atoms with Crippen LogP contribution in [0, 0.1) is 5.92 Å². The molecule has 1 rings (SSSR count). The van der Waals surface area contributed by atoms with Gasteiger partial charge in [0.25, 0.3) is 0 Å². The second kappa shape index (κ2) is 18.7. The van der Waals surface area contributed by atoms with Crippen LogP contribution in [0.25, 0.3) is 0 Å². The van der Waals surface area contributed by atoms with Crippen molar-refractivity contribution in [2.75, 3.05) is 26.9 Å². The molecule has 1 aromatic carbocycles. The smallest absolute Gasteiger partial charge is 0.468 e. The minimum atomic E-state index is -1.63. The molecule has 0 fully saturated rings. The maximum Gasteiger partial charge on any atom is 0.513 e. The highest BCUT2D eigenvalue weighted by atomic mass is 16.7. The average molecular weight is 584 g/mol. The molecule has 0 aliphatic heterocycles. The van der Waals surface area contributed by atoms with Gasteiger partial charge in [0.15, 0.2) is 11.5 Å². The Kier molecular flexibility index (Phi) is 16.2. The highest BCUT2D eigenvalue weighted by Gasteiger charge is 2.38. The van der Waals surface area contributed by atoms with Gasteiger partial charge in [-0.2, -0.15) is 0 Å². The van der Waals surface area contributed by atoms with E-state index in [2.05, 4.69) is 0 Å². The Balaban J connectivity index is 3.11. The SMILES string of the molecule is CCCCOC(=O)Oc1ccc(CC(N)(C[C@H](C)OC(=O)OCCC(C)C)C(=O)OC)cc1OC(=O)OCCCC. The molecule has 1 aromatic rings. The number of hydrogen-bond acceptors (Lipinski definition) is 12. The molecule has 1 unspecified atom stereocenters. The van der Waals surface area contributed by atoms with Gasteiger partial charge < -0.3 is 38.9 Å². The van der Waals surface area contributed by atoms with E-state index >= 15 is 0 Å². The molecule has 2 atom stereocenters. The summed E-state index contributed by atoms with van der Waals surface area (Å²) in [6, 6.07) is 4.32. The van der Waals surface area contributed by atoms with Gasteiger partial charge in [0.05, 0.1) is 26.9 Å². The van der Waals surface area contributed by atoms with Crippen LogP contribution in [0.1, 0.15) is 78.7 Å². The van der Waals surface area contributed by atoms with Gasteiger partial charge in [-0.1, -0.05) is 46.6 Å². The Hall–Kier alpha value is -3.54. The van der Waals surface area contributed by atoms with E-state index in [1.165, 1.54) is 19.2 Å². The third-order valence-electron chi connectivity index (χ3n) is 5.81. The summed E-state index contributed by atoms with van der Waals surface area (Å²) in [5.74, 6) is -0.625. The molecule has 0 aromatic heterocycles. The second-order valence-electron chi connectivity index (χ2n) is 10.1. The van der Waals surface area contributed by atoms with Gasteiger partial charge in [0.1, 0.15) is 11.6 Å². The van der Waals surface area contributed by atoms with Gasteiger partial charge in [-0.3, -0.25) is 4.79 Å². The zero-order valence-corrected chi connectivity index (χ0v) is 25.0. The maximum absolute atomic E-state index is 12.7. The van der Waals surface area contributed by atoms with E-state index in [0.29, 0.717) is 30.7 Å². The summed E-state index contributed by atoms with van der Waals surface area (Å²) in [5.41, 5.74) is 5.28. The Morgan fingerprint density at radius 2 is 1.39 bits per heavy atom. The number of nitrogens with two attached hydrogens (primary N) is 1. The molecule has 0 amide bonds. The summed E-state index contributed by atoms with van der Waals surface area (Å²) in [6.45, 7) is 9.99. The molecule has 0 spiro atoms. The van der Waals surface area contributed by atoms with Crippen LogP contribution in [-0.4, -0.2) is 63.0 Å². The normalized spacial score (nSPS) is 13.0. The van der Waals surface area contributed by atoms with Gasteiger partial charge in [0, 0.05) is 12.8 Å². The predicted octanol–water partition coefficient (Wildman–Crippen LogP) is 5.71. The van der Waals surface area contributed by atoms with Crippen LogP contribution in [0.2, 0.25) is 0 Å². The number of unbranched alkanes of at least 4 members (excludes halogenated alkanes) is 2. The Bertz CT molecular complexity index is 982. The van der Waals surface area contributed by atoms with Crippen LogP contribution in [0.3, 0.4) is 0 Å². The van der Waals surface area contributed by atoms with Crippen molar-refractivity contribution in [3.63, 3.8) is 0 Å². The Morgan fingerprint density at radius 3 is 1.93 bits per heavy atom. The van der Waals surface area contributed by atoms with Gasteiger partial charge in [0.2, 0.25) is 0 Å². The quantitative estimate of drug-likeness (QED) is 0.103. The molecule has 2 N–H and O–H groups in total. The molecule has 0 radical (unpaired) electrons. The molecule has 0 heterocycles. The number of ether oxygens (including phenoxy) is 7. The van der Waals surface area contributed by atoms with E-state index in [9.17, 15) is 19.2 Å². The van der Waals surface area contributed by atoms with E-state index in [-0.39, 0.29) is 44.2 Å². The molecule has 12 heteroatoms. The summed E-state index contributed by atoms with van der Waals surface area (Å²) in [7, 11) is 1.19. The second-order valence-corrected chi connectivity index (χ2v) is 10.1. The van der Waals surface area contributed by atoms with Crippen LogP contribution in [0.15, 0.2) is 18.2 Å². The van der Waals surface area contributed by atoms with Crippen LogP contribution in [0.5, 0.6) is 11.5 Å². The number of hydrogen-bond donors (Lipinski definition) is 1. The summed E-state index contributed by atoms with van der Waals surface area (Å²) < 4.78 is 35.9. The molecule has 0 aliphatic rings. The molecular weight excluding hydrogens is 538 g/mol. The third-order valence-corrected chi connectivity index (χ3v) is 5.81. The number of carbonyl (C=O) groups is 4. The number of methoxy groups -OCH3 is 1. The van der Waals surface area contributed by atoms with E-state index in [4.69, 9.17) is 38.9 Å². The molecular formula is C29H45NO11. The van der Waals surface area contributed by atoms with Crippen LogP contribution >= 0.6 is 0 Å². The van der Waals surface area contributed by atoms with E-state index in [1.54, 1.807) is 13.0 Å². The highest BCUT2D eigenvalue weighted by Crippen LogP contribution is 2.31. The summed E-state index contributed by atoms with van der Waals surface area (Å²) in [5, 5.41) is 0. The zero-order chi connectivity index (χ0) is 30.8. The van der Waals surface area contributed by atoms with Crippen molar-refractivity contribution in [3.8, 4) is 11.5 Å². The van der Waals surface area contributed by atoms with Crippen molar-refractivity contribution < 1.29 is 52.3 Å². The molecule has 0 aliphatic carbocycles. The van der Waals surface area contributed by atoms with Crippen molar-refractivity contribution >= 4 is 24.4 Å². The lowest BCUT2D eigenvalue weighted by Crippen LogP contribution is -2.53. The number of carbonyl (C=O) groups excluding carboxylic acids is 4. The Morgan fingerprint density at radius 1 is 0.829 bits per heavy atom. The first-order valence-corrected chi connectivity index (χ1v) is 14.0. The lowest BCUT2D eigenvalue weighted by molar-refractivity contribution is -0.148. The number of rotatable bonds is 17. The van der Waals surface area contributed by atoms with Gasteiger partial charge in [-0.15, -0.1) is 0 Å². The largest absolute Gasteiger partial charge is 0.513 e. The number of benzene rings is 1. The van der Waals surface area contributed by atoms with Crippen molar-refractivity contribution in [1.82, 2.24) is 0 Å². The molecule has 0 saturated heterocycles. The standard InChI is InChI=1S/C29H45NO11/c1-7-9-14-36-27(33)40-23-12-11-22(17-24(23)41-28(34)37-15-10-8-2)19-29(30,25(31)35-6)18-21(5)39-26(32)38-16-13-20(3)4/h11-12,17,20-21H,7-10,13-16,18-19,30H2,1-6H3/t21-,29?/m0/s1. The van der Waals surface area contributed by atoms with E-state index < -0.39 is 36.1 Å². The van der Waals surface area contributed by atoms with Crippen LogP contribution in [-0.2, 0) is 34.9 Å². The van der Waals surface area contributed by atoms with Crippen molar-refractivity contribution in [2.24, 2.45) is 11.7 Å². The monoisotopic (exact) mass is 583 g/mol. The lowest BCUT2D eigenvalue weighted by Gasteiger charge is -2.29. The molecule has 41 heavy (non-hydrogen) atoms. The Labute approximate surface area is 242 Å². The van der Waals surface area contributed by atoms with Gasteiger partial charge in [-0.05, 0) is 49.8 Å². The average Bonchev–Trinajstić information content (AvgIpc) is 2.89. The molecule has 0 bridgehead atoms. The fraction of sp³-hybridized carbons (Fsp3) is 0.655. The topological polar surface area (TPSA) is 159 Å². The first-order valence-electron chi connectivity index (χ1n) is 14.0. The van der Waals surface area contributed by atoms with Gasteiger partial charge >= 0.3 is 24.4 Å². The maximum atomic E-state index is 12.7. The van der Waals surface area contributed by atoms with Crippen molar-refractivity contribution in [1.29, 1.82) is 0 Å². The summed E-state index contributed by atoms with van der Waals surface area (Å²) in [6.07, 6.45) is -0.213. The van der Waals surface area contributed by atoms with Gasteiger partial charge in [-0.25, -0.2) is 14.4 Å². The molecule has 232 valence electrons. The number of esters is 1. The highest BCUT2D eigenvalue weighted by molar-refractivity contribution is 5.81. The summed E-state index contributed by atoms with van der Waals surface area (Å²) >= 11 is 0. The predicted molar refractivity (Wildman–Crippen MR) is 149 cm³/mol. The molecule has 12 nitrogen and oxygen atoms in total. The van der Waals surface area contributed by atoms with Crippen molar-refractivity contribution in [2.45, 2.75) is 91.2 Å². The third kappa shape index (κ3) is 14.1. The van der Waals surface area contributed by atoms with Crippen molar-refractivity contribution in [3.05, 3.63) is 23.8 Å². The first-order chi connectivity index (χ1) is 19.4.